The number of halogens is 1. The van der Waals surface area contributed by atoms with E-state index < -0.39 is 29.6 Å². The summed E-state index contributed by atoms with van der Waals surface area (Å²) in [7, 11) is 0. The first-order chi connectivity index (χ1) is 18.8. The molecule has 5 rings (SSSR count). The second kappa shape index (κ2) is 11.3. The summed E-state index contributed by atoms with van der Waals surface area (Å²) < 4.78 is 28.7. The van der Waals surface area contributed by atoms with Gasteiger partial charge >= 0.3 is 0 Å². The van der Waals surface area contributed by atoms with E-state index in [4.69, 9.17) is 20.9 Å². The Labute approximate surface area is 228 Å². The lowest BCUT2D eigenvalue weighted by atomic mass is 9.94. The van der Waals surface area contributed by atoms with Crippen molar-refractivity contribution in [2.24, 2.45) is 5.73 Å². The molecule has 1 aliphatic heterocycles. The van der Waals surface area contributed by atoms with Gasteiger partial charge in [-0.15, -0.1) is 0 Å². The fourth-order valence-electron chi connectivity index (χ4n) is 4.92. The molecular weight excluding hydrogens is 525 g/mol. The number of carbonyl (C=O) groups is 3. The summed E-state index contributed by atoms with van der Waals surface area (Å²) in [5.41, 5.74) is 12.2. The lowest BCUT2D eigenvalue weighted by Gasteiger charge is -2.33. The fraction of sp³-hybridized carbons (Fsp3) is 0.333. The molecular formula is C27H28FN5O5S. The summed E-state index contributed by atoms with van der Waals surface area (Å²) in [5, 5.41) is 3.10. The van der Waals surface area contributed by atoms with Crippen LogP contribution in [0.5, 0.6) is 11.5 Å². The van der Waals surface area contributed by atoms with Gasteiger partial charge in [-0.3, -0.25) is 14.4 Å². The van der Waals surface area contributed by atoms with Crippen molar-refractivity contribution in [3.05, 3.63) is 70.0 Å². The molecule has 0 bridgehead atoms. The Morgan fingerprint density at radius 2 is 1.79 bits per heavy atom. The van der Waals surface area contributed by atoms with Gasteiger partial charge in [0.25, 0.3) is 11.8 Å². The highest BCUT2D eigenvalue weighted by Gasteiger charge is 2.36. The molecule has 1 atom stereocenters. The molecule has 39 heavy (non-hydrogen) atoms. The highest BCUT2D eigenvalue weighted by molar-refractivity contribution is 7.09. The largest absolute Gasteiger partial charge is 0.454 e. The number of amides is 3. The van der Waals surface area contributed by atoms with Gasteiger partial charge in [0.2, 0.25) is 12.7 Å². The minimum atomic E-state index is -1.14. The van der Waals surface area contributed by atoms with Crippen molar-refractivity contribution in [2.75, 3.05) is 12.5 Å². The maximum atomic E-state index is 14.1. The molecule has 2 heterocycles. The highest BCUT2D eigenvalue weighted by Crippen LogP contribution is 2.35. The zero-order valence-electron chi connectivity index (χ0n) is 21.0. The van der Waals surface area contributed by atoms with Gasteiger partial charge in [0.15, 0.2) is 17.2 Å². The van der Waals surface area contributed by atoms with Crippen LogP contribution in [0, 0.1) is 5.82 Å². The van der Waals surface area contributed by atoms with Crippen LogP contribution in [-0.2, 0) is 11.3 Å². The normalized spacial score (nSPS) is 15.5. The van der Waals surface area contributed by atoms with E-state index in [1.54, 1.807) is 18.2 Å². The van der Waals surface area contributed by atoms with Crippen LogP contribution in [0.2, 0.25) is 0 Å². The van der Waals surface area contributed by atoms with Crippen LogP contribution in [-0.4, -0.2) is 39.8 Å². The van der Waals surface area contributed by atoms with E-state index in [1.807, 2.05) is 0 Å². The Morgan fingerprint density at radius 3 is 2.49 bits per heavy atom. The number of nitrogens with one attached hydrogen (secondary N) is 1. The predicted octanol–water partition coefficient (Wildman–Crippen LogP) is 3.52. The van der Waals surface area contributed by atoms with Gasteiger partial charge in [0.05, 0.1) is 5.69 Å². The molecule has 0 radical (unpaired) electrons. The second-order valence-electron chi connectivity index (χ2n) is 9.56. The zero-order valence-corrected chi connectivity index (χ0v) is 21.8. The molecule has 5 N–H and O–H groups in total. The number of anilines is 1. The van der Waals surface area contributed by atoms with E-state index in [0.29, 0.717) is 22.6 Å². The lowest BCUT2D eigenvalue weighted by Crippen LogP contribution is -2.46. The number of nitrogens with zero attached hydrogens (tertiary/aromatic N) is 2. The van der Waals surface area contributed by atoms with Crippen molar-refractivity contribution in [1.82, 2.24) is 14.6 Å². The summed E-state index contributed by atoms with van der Waals surface area (Å²) in [6.07, 6.45) is 4.78. The third-order valence-corrected chi connectivity index (χ3v) is 7.75. The fourth-order valence-corrected chi connectivity index (χ4v) is 5.68. The van der Waals surface area contributed by atoms with E-state index in [2.05, 4.69) is 9.69 Å². The van der Waals surface area contributed by atoms with Crippen molar-refractivity contribution in [2.45, 2.75) is 50.7 Å². The van der Waals surface area contributed by atoms with E-state index in [1.165, 1.54) is 29.2 Å². The van der Waals surface area contributed by atoms with Gasteiger partial charge in [-0.2, -0.15) is 4.37 Å². The summed E-state index contributed by atoms with van der Waals surface area (Å²) in [5.74, 6) is -1.28. The molecule has 2 aliphatic rings. The number of hydrogen-bond acceptors (Lipinski definition) is 8. The van der Waals surface area contributed by atoms with Gasteiger partial charge in [0, 0.05) is 12.6 Å². The maximum Gasteiger partial charge on any atom is 0.270 e. The van der Waals surface area contributed by atoms with Crippen molar-refractivity contribution in [1.29, 1.82) is 0 Å². The van der Waals surface area contributed by atoms with Crippen molar-refractivity contribution >= 4 is 34.9 Å². The number of fused-ring (bicyclic) bond motifs is 1. The number of ether oxygens (including phenoxy) is 2. The Morgan fingerprint density at radius 1 is 1.08 bits per heavy atom. The summed E-state index contributed by atoms with van der Waals surface area (Å²) in [4.78, 5) is 41.1. The Bertz CT molecular complexity index is 1390. The standard InChI is InChI=1S/C27H28FN5O5S/c28-17-9-7-16(8-10-17)23(26(35)31-18-4-2-1-3-5-18)33(13-15-6-11-19-20(12-15)38-14-37-19)27(36)24-21(29)22(25(30)34)32-39-24/h6-12,18,23H,1-5,13-14,29H2,(H2,30,34)(H,31,35). The number of benzene rings is 2. The van der Waals surface area contributed by atoms with E-state index in [-0.39, 0.29) is 35.6 Å². The number of primary amides is 1. The number of aromatic nitrogens is 1. The van der Waals surface area contributed by atoms with E-state index in [9.17, 15) is 18.8 Å². The number of nitrogen functional groups attached to an aromatic ring is 1. The van der Waals surface area contributed by atoms with E-state index in [0.717, 1.165) is 43.6 Å². The molecule has 10 nitrogen and oxygen atoms in total. The van der Waals surface area contributed by atoms with Crippen molar-refractivity contribution in [3.8, 4) is 11.5 Å². The van der Waals surface area contributed by atoms with Gasteiger partial charge in [0.1, 0.15) is 16.7 Å². The molecule has 1 unspecified atom stereocenters. The molecule has 12 heteroatoms. The Hall–Kier alpha value is -4.19. The average Bonchev–Trinajstić information content (AvgIpc) is 3.55. The molecule has 1 fully saturated rings. The first-order valence-corrected chi connectivity index (χ1v) is 13.4. The zero-order chi connectivity index (χ0) is 27.5. The first kappa shape index (κ1) is 26.4. The molecule has 1 saturated carbocycles. The molecule has 1 aliphatic carbocycles. The van der Waals surface area contributed by atoms with Crippen LogP contribution in [0.4, 0.5) is 10.1 Å². The topological polar surface area (TPSA) is 150 Å². The molecule has 204 valence electrons. The van der Waals surface area contributed by atoms with Crippen LogP contribution in [0.1, 0.15) is 69.4 Å². The van der Waals surface area contributed by atoms with Gasteiger partial charge in [-0.05, 0) is 59.8 Å². The molecule has 3 aromatic rings. The molecule has 0 saturated heterocycles. The number of nitrogens with two attached hydrogens (primary N) is 2. The van der Waals surface area contributed by atoms with Crippen molar-refractivity contribution < 1.29 is 28.2 Å². The second-order valence-corrected chi connectivity index (χ2v) is 10.3. The summed E-state index contributed by atoms with van der Waals surface area (Å²) in [6, 6.07) is 9.49. The van der Waals surface area contributed by atoms with Crippen LogP contribution < -0.4 is 26.3 Å². The average molecular weight is 554 g/mol. The van der Waals surface area contributed by atoms with Crippen LogP contribution >= 0.6 is 11.5 Å². The third kappa shape index (κ3) is 5.65. The summed E-state index contributed by atoms with van der Waals surface area (Å²) in [6.45, 7) is 0.0512. The Kier molecular flexibility index (Phi) is 7.64. The minimum Gasteiger partial charge on any atom is -0.454 e. The predicted molar refractivity (Wildman–Crippen MR) is 142 cm³/mol. The minimum absolute atomic E-state index is 0.0258. The van der Waals surface area contributed by atoms with Gasteiger partial charge in [-0.25, -0.2) is 4.39 Å². The van der Waals surface area contributed by atoms with Gasteiger partial charge < -0.3 is 31.2 Å². The molecule has 1 aromatic heterocycles. The highest BCUT2D eigenvalue weighted by atomic mass is 32.1. The lowest BCUT2D eigenvalue weighted by molar-refractivity contribution is -0.127. The van der Waals surface area contributed by atoms with Crippen LogP contribution in [0.25, 0.3) is 0 Å². The van der Waals surface area contributed by atoms with Crippen molar-refractivity contribution in [3.63, 3.8) is 0 Å². The number of hydrogen-bond donors (Lipinski definition) is 3. The molecule has 2 aromatic carbocycles. The maximum absolute atomic E-state index is 14.1. The first-order valence-electron chi connectivity index (χ1n) is 12.6. The van der Waals surface area contributed by atoms with Crippen LogP contribution in [0.3, 0.4) is 0 Å². The van der Waals surface area contributed by atoms with Crippen LogP contribution in [0.15, 0.2) is 42.5 Å². The molecule has 3 amide bonds. The quantitative estimate of drug-likeness (QED) is 0.386. The van der Waals surface area contributed by atoms with Gasteiger partial charge in [-0.1, -0.05) is 37.5 Å². The molecule has 0 spiro atoms. The Balaban J connectivity index is 1.57. The number of carbonyl (C=O) groups excluding carboxylic acids is 3. The van der Waals surface area contributed by atoms with E-state index >= 15 is 0 Å². The SMILES string of the molecule is NC(=O)c1nsc(C(=O)N(Cc2ccc3c(c2)OCO3)C(C(=O)NC2CCCCC2)c2ccc(F)cc2)c1N. The summed E-state index contributed by atoms with van der Waals surface area (Å²) >= 11 is 0.731. The smallest absolute Gasteiger partial charge is 0.270 e. The number of rotatable bonds is 8. The third-order valence-electron chi connectivity index (χ3n) is 6.90. The monoisotopic (exact) mass is 553 g/mol.